The molecule has 2 fully saturated rings. The Morgan fingerprint density at radius 1 is 0.962 bits per heavy atom. The van der Waals surface area contributed by atoms with Crippen LogP contribution in [0.5, 0.6) is 0 Å². The average molecular weight is 390 g/mol. The number of piperidine rings is 1. The van der Waals surface area contributed by atoms with Crippen LogP contribution in [0.3, 0.4) is 0 Å². The number of hydrogen-bond donors (Lipinski definition) is 0. The van der Waals surface area contributed by atoms with Crippen molar-refractivity contribution in [3.8, 4) is 0 Å². The minimum Gasteiger partial charge on any atom is -0.351 e. The number of amides is 2. The maximum atomic E-state index is 12.4. The minimum atomic E-state index is -5.63. The number of likely N-dealkylation sites (tertiary alicyclic amines) is 2. The van der Waals surface area contributed by atoms with Gasteiger partial charge in [0.05, 0.1) is 0 Å². The molecule has 150 valence electrons. The lowest BCUT2D eigenvalue weighted by Crippen LogP contribution is -2.49. The number of alkyl halides is 6. The quantitative estimate of drug-likeness (QED) is 0.696. The zero-order valence-corrected chi connectivity index (χ0v) is 14.1. The zero-order valence-electron chi connectivity index (χ0n) is 14.1. The zero-order chi connectivity index (χ0) is 19.8. The third-order valence-corrected chi connectivity index (χ3v) is 5.03. The van der Waals surface area contributed by atoms with Crippen molar-refractivity contribution in [1.82, 2.24) is 9.80 Å². The molecule has 2 rings (SSSR count). The first-order valence-electron chi connectivity index (χ1n) is 8.12. The first-order valence-corrected chi connectivity index (χ1v) is 8.12. The van der Waals surface area contributed by atoms with Crippen LogP contribution in [0.2, 0.25) is 0 Å². The van der Waals surface area contributed by atoms with Crippen molar-refractivity contribution >= 4 is 11.8 Å². The van der Waals surface area contributed by atoms with Crippen LogP contribution in [0.4, 0.5) is 26.3 Å². The summed E-state index contributed by atoms with van der Waals surface area (Å²) in [6.45, 7) is 1.80. The van der Waals surface area contributed by atoms with Gasteiger partial charge in [0, 0.05) is 33.1 Å². The molecule has 26 heavy (non-hydrogen) atoms. The summed E-state index contributed by atoms with van der Waals surface area (Å²) < 4.78 is 78.3. The highest BCUT2D eigenvalue weighted by molar-refractivity contribution is 5.77. The molecule has 0 saturated carbocycles. The summed E-state index contributed by atoms with van der Waals surface area (Å²) in [5.74, 6) is -0.945. The first-order chi connectivity index (χ1) is 11.8. The molecule has 0 aromatic carbocycles. The van der Waals surface area contributed by atoms with E-state index in [-0.39, 0.29) is 24.4 Å². The Balaban J connectivity index is 1.86. The fourth-order valence-corrected chi connectivity index (χ4v) is 3.46. The summed E-state index contributed by atoms with van der Waals surface area (Å²) in [4.78, 5) is 26.3. The second-order valence-corrected chi connectivity index (χ2v) is 6.85. The van der Waals surface area contributed by atoms with E-state index in [1.807, 2.05) is 0 Å². The van der Waals surface area contributed by atoms with Gasteiger partial charge in [-0.05, 0) is 24.7 Å². The number of nitrogens with zero attached hydrogens (tertiary/aromatic N) is 2. The van der Waals surface area contributed by atoms with E-state index in [2.05, 4.69) is 4.74 Å². The molecule has 0 radical (unpaired) electrons. The van der Waals surface area contributed by atoms with Gasteiger partial charge >= 0.3 is 12.4 Å². The van der Waals surface area contributed by atoms with E-state index >= 15 is 0 Å². The van der Waals surface area contributed by atoms with Crippen LogP contribution in [-0.2, 0) is 14.3 Å². The van der Waals surface area contributed by atoms with Crippen LogP contribution in [0.1, 0.15) is 26.2 Å². The van der Waals surface area contributed by atoms with Gasteiger partial charge in [0.25, 0.3) is 0 Å². The van der Waals surface area contributed by atoms with Gasteiger partial charge in [0.15, 0.2) is 0 Å². The Kier molecular flexibility index (Phi) is 5.79. The molecule has 0 atom stereocenters. The van der Waals surface area contributed by atoms with Crippen LogP contribution in [0, 0.1) is 5.41 Å². The van der Waals surface area contributed by atoms with Crippen molar-refractivity contribution in [2.24, 2.45) is 5.41 Å². The number of halogens is 6. The molecule has 0 aromatic heterocycles. The standard InChI is InChI=1S/C15H20F6N2O3/c1-10(24)23-7-4-13(9-23)2-5-22(6-3-13)11(25)8-26-12(14(16,17)18)15(19,20)21/h12H,2-9H2,1H3. The molecule has 2 aliphatic rings. The number of rotatable bonds is 3. The largest absolute Gasteiger partial charge is 0.423 e. The molecular weight excluding hydrogens is 370 g/mol. The molecule has 11 heteroatoms. The summed E-state index contributed by atoms with van der Waals surface area (Å²) in [6, 6.07) is 0. The predicted molar refractivity (Wildman–Crippen MR) is 77.0 cm³/mol. The molecule has 0 bridgehead atoms. The second kappa shape index (κ2) is 7.24. The predicted octanol–water partition coefficient (Wildman–Crippen LogP) is 2.36. The maximum absolute atomic E-state index is 12.4. The summed E-state index contributed by atoms with van der Waals surface area (Å²) in [6.07, 6.45) is -13.4. The highest BCUT2D eigenvalue weighted by atomic mass is 19.4. The maximum Gasteiger partial charge on any atom is 0.423 e. The van der Waals surface area contributed by atoms with E-state index in [4.69, 9.17) is 0 Å². The van der Waals surface area contributed by atoms with Crippen molar-refractivity contribution in [3.05, 3.63) is 0 Å². The Bertz CT molecular complexity index is 526. The fourth-order valence-electron chi connectivity index (χ4n) is 3.46. The average Bonchev–Trinajstić information content (AvgIpc) is 2.89. The Morgan fingerprint density at radius 2 is 1.42 bits per heavy atom. The van der Waals surface area contributed by atoms with Crippen LogP contribution < -0.4 is 0 Å². The van der Waals surface area contributed by atoms with Gasteiger partial charge in [-0.3, -0.25) is 9.59 Å². The summed E-state index contributed by atoms with van der Waals surface area (Å²) in [7, 11) is 0. The Morgan fingerprint density at radius 3 is 1.81 bits per heavy atom. The van der Waals surface area contributed by atoms with Gasteiger partial charge in [-0.15, -0.1) is 0 Å². The molecular formula is C15H20F6N2O3. The van der Waals surface area contributed by atoms with Gasteiger partial charge in [-0.1, -0.05) is 0 Å². The van der Waals surface area contributed by atoms with Crippen molar-refractivity contribution in [2.45, 2.75) is 44.6 Å². The van der Waals surface area contributed by atoms with E-state index in [0.717, 1.165) is 6.42 Å². The fraction of sp³-hybridized carbons (Fsp3) is 0.867. The van der Waals surface area contributed by atoms with Gasteiger partial charge < -0.3 is 14.5 Å². The SMILES string of the molecule is CC(=O)N1CCC2(CCN(C(=O)COC(C(F)(F)F)C(F)(F)F)CC2)C1. The van der Waals surface area contributed by atoms with Crippen molar-refractivity contribution in [2.75, 3.05) is 32.8 Å². The number of hydrogen-bond acceptors (Lipinski definition) is 3. The van der Waals surface area contributed by atoms with Crippen LogP contribution in [0.15, 0.2) is 0 Å². The molecule has 2 heterocycles. The molecule has 1 spiro atoms. The van der Waals surface area contributed by atoms with Gasteiger partial charge in [-0.2, -0.15) is 26.3 Å². The summed E-state index contributed by atoms with van der Waals surface area (Å²) in [5.41, 5.74) is -0.135. The second-order valence-electron chi connectivity index (χ2n) is 6.85. The molecule has 5 nitrogen and oxygen atoms in total. The van der Waals surface area contributed by atoms with Crippen molar-refractivity contribution in [3.63, 3.8) is 0 Å². The van der Waals surface area contributed by atoms with Crippen molar-refractivity contribution in [1.29, 1.82) is 0 Å². The lowest BCUT2D eigenvalue weighted by atomic mass is 9.78. The summed E-state index contributed by atoms with van der Waals surface area (Å²) in [5, 5.41) is 0. The molecule has 0 N–H and O–H groups in total. The van der Waals surface area contributed by atoms with Crippen LogP contribution >= 0.6 is 0 Å². The number of carbonyl (C=O) groups is 2. The third-order valence-electron chi connectivity index (χ3n) is 5.03. The molecule has 2 saturated heterocycles. The lowest BCUT2D eigenvalue weighted by molar-refractivity contribution is -0.320. The van der Waals surface area contributed by atoms with E-state index in [0.29, 0.717) is 25.9 Å². The van der Waals surface area contributed by atoms with Crippen LogP contribution in [0.25, 0.3) is 0 Å². The first kappa shape index (κ1) is 20.8. The third kappa shape index (κ3) is 4.80. The highest BCUT2D eigenvalue weighted by Crippen LogP contribution is 2.40. The van der Waals surface area contributed by atoms with E-state index < -0.39 is 31.0 Å². The highest BCUT2D eigenvalue weighted by Gasteiger charge is 2.58. The molecule has 0 unspecified atom stereocenters. The summed E-state index contributed by atoms with van der Waals surface area (Å²) >= 11 is 0. The number of ether oxygens (including phenoxy) is 1. The molecule has 2 amide bonds. The smallest absolute Gasteiger partial charge is 0.351 e. The normalized spacial score (nSPS) is 20.9. The van der Waals surface area contributed by atoms with E-state index in [1.165, 1.54) is 11.8 Å². The van der Waals surface area contributed by atoms with E-state index in [9.17, 15) is 35.9 Å². The topological polar surface area (TPSA) is 49.9 Å². The Hall–Kier alpha value is -1.52. The minimum absolute atomic E-state index is 0.0425. The molecule has 0 aromatic rings. The van der Waals surface area contributed by atoms with E-state index in [1.54, 1.807) is 4.90 Å². The van der Waals surface area contributed by atoms with Gasteiger partial charge in [0.1, 0.15) is 6.61 Å². The Labute approximate surface area is 146 Å². The monoisotopic (exact) mass is 390 g/mol. The van der Waals surface area contributed by atoms with Gasteiger partial charge in [0.2, 0.25) is 17.9 Å². The molecule has 0 aliphatic carbocycles. The number of carbonyl (C=O) groups excluding carboxylic acids is 2. The van der Waals surface area contributed by atoms with Gasteiger partial charge in [-0.25, -0.2) is 0 Å². The molecule has 2 aliphatic heterocycles. The van der Waals surface area contributed by atoms with Crippen LogP contribution in [-0.4, -0.2) is 72.9 Å². The van der Waals surface area contributed by atoms with Crippen molar-refractivity contribution < 1.29 is 40.7 Å². The lowest BCUT2D eigenvalue weighted by Gasteiger charge is -2.39.